The van der Waals surface area contributed by atoms with Gasteiger partial charge in [-0.1, -0.05) is 222 Å². The zero-order valence-electron chi connectivity index (χ0n) is 46.0. The highest BCUT2D eigenvalue weighted by Gasteiger charge is 2.21. The molecule has 0 aromatic carbocycles. The molecular weight excluding hydrogens is 894 g/mol. The number of phosphoric acid groups is 1. The van der Waals surface area contributed by atoms with Crippen LogP contribution in [0.5, 0.6) is 0 Å². The van der Waals surface area contributed by atoms with E-state index < -0.39 is 26.5 Å². The standard InChI is InChI=1S/C60H108NO8P/c1-6-8-10-12-14-16-18-20-22-24-26-27-28-29-30-31-32-33-35-37-39-41-43-45-47-49-51-53-60(63)69-58(57-68-70(64,65)67-55-54-61(3,4)5)56-66-59(62)52-50-48-46-44-42-40-38-36-34-25-23-21-19-17-15-13-11-9-7-2/h8,10,14-17,20-23,26-27,58H,6-7,9,11-13,18-19,24-25,28-57H2,1-5H3/b10-8-,16-14-,17-15-,22-20-,23-21-,27-26-. The van der Waals surface area contributed by atoms with Crippen molar-refractivity contribution in [2.24, 2.45) is 0 Å². The maximum absolute atomic E-state index is 12.8. The SMILES string of the molecule is CC/C=C\C/C=C\C/C=C\C/C=C\CCCCCCCCCCCCCCCCC(=O)OC(COC(=O)CCCCCCCCCCC/C=C\C/C=C\CCCCC)COP(=O)([O-])OCC[N+](C)(C)C. The molecule has 406 valence electrons. The van der Waals surface area contributed by atoms with Crippen LogP contribution in [0.25, 0.3) is 0 Å². The number of phosphoric ester groups is 1. The number of carbonyl (C=O) groups is 2. The number of rotatable bonds is 52. The Morgan fingerprint density at radius 1 is 0.457 bits per heavy atom. The maximum Gasteiger partial charge on any atom is 0.306 e. The van der Waals surface area contributed by atoms with Crippen molar-refractivity contribution in [3.8, 4) is 0 Å². The minimum absolute atomic E-state index is 0.0335. The molecule has 0 aliphatic rings. The fourth-order valence-corrected chi connectivity index (χ4v) is 8.52. The van der Waals surface area contributed by atoms with E-state index in [0.29, 0.717) is 17.4 Å². The Balaban J connectivity index is 4.16. The summed E-state index contributed by atoms with van der Waals surface area (Å²) in [6, 6.07) is 0. The molecule has 70 heavy (non-hydrogen) atoms. The number of unbranched alkanes of at least 4 members (excludes halogenated alkanes) is 26. The summed E-state index contributed by atoms with van der Waals surface area (Å²) in [6.45, 7) is 4.11. The molecule has 10 heteroatoms. The largest absolute Gasteiger partial charge is 0.756 e. The Morgan fingerprint density at radius 3 is 1.21 bits per heavy atom. The Kier molecular flexibility index (Phi) is 49.5. The third-order valence-electron chi connectivity index (χ3n) is 12.2. The quantitative estimate of drug-likeness (QED) is 0.0195. The summed E-state index contributed by atoms with van der Waals surface area (Å²) in [7, 11) is 1.16. The average molecular weight is 1000 g/mol. The maximum atomic E-state index is 12.8. The normalized spacial score (nSPS) is 13.9. The number of likely N-dealkylation sites (N-methyl/N-ethyl adjacent to an activating group) is 1. The second kappa shape index (κ2) is 51.4. The van der Waals surface area contributed by atoms with Crippen LogP contribution in [0, 0.1) is 0 Å². The van der Waals surface area contributed by atoms with Gasteiger partial charge in [0.25, 0.3) is 7.82 Å². The number of quaternary nitrogens is 1. The first-order valence-electron chi connectivity index (χ1n) is 28.6. The molecule has 2 unspecified atom stereocenters. The van der Waals surface area contributed by atoms with Gasteiger partial charge in [-0.25, -0.2) is 0 Å². The van der Waals surface area contributed by atoms with E-state index in [-0.39, 0.29) is 32.0 Å². The van der Waals surface area contributed by atoms with E-state index >= 15 is 0 Å². The van der Waals surface area contributed by atoms with Crippen molar-refractivity contribution in [3.63, 3.8) is 0 Å². The molecule has 0 saturated heterocycles. The van der Waals surface area contributed by atoms with Crippen molar-refractivity contribution >= 4 is 19.8 Å². The molecule has 0 bridgehead atoms. The molecule has 0 fully saturated rings. The van der Waals surface area contributed by atoms with Crippen molar-refractivity contribution < 1.29 is 42.1 Å². The molecule has 2 atom stereocenters. The molecule has 0 rings (SSSR count). The minimum atomic E-state index is -4.64. The lowest BCUT2D eigenvalue weighted by Crippen LogP contribution is -2.37. The summed E-state index contributed by atoms with van der Waals surface area (Å²) in [5.74, 6) is -0.835. The van der Waals surface area contributed by atoms with Crippen LogP contribution in [0.1, 0.15) is 245 Å². The fraction of sp³-hybridized carbons (Fsp3) is 0.767. The monoisotopic (exact) mass is 1000 g/mol. The van der Waals surface area contributed by atoms with Gasteiger partial charge in [0.15, 0.2) is 6.10 Å². The van der Waals surface area contributed by atoms with Gasteiger partial charge in [-0.05, 0) is 83.5 Å². The second-order valence-corrected chi connectivity index (χ2v) is 21.7. The lowest BCUT2D eigenvalue weighted by Gasteiger charge is -2.28. The van der Waals surface area contributed by atoms with Gasteiger partial charge in [0, 0.05) is 12.8 Å². The zero-order valence-corrected chi connectivity index (χ0v) is 46.8. The van der Waals surface area contributed by atoms with E-state index in [2.05, 4.69) is 86.8 Å². The highest BCUT2D eigenvalue weighted by Crippen LogP contribution is 2.38. The van der Waals surface area contributed by atoms with E-state index in [0.717, 1.165) is 83.5 Å². The summed E-state index contributed by atoms with van der Waals surface area (Å²) >= 11 is 0. The summed E-state index contributed by atoms with van der Waals surface area (Å²) in [6.07, 6.45) is 66.5. The van der Waals surface area contributed by atoms with Crippen LogP contribution in [-0.4, -0.2) is 70.0 Å². The summed E-state index contributed by atoms with van der Waals surface area (Å²) < 4.78 is 34.2. The molecule has 0 spiro atoms. The second-order valence-electron chi connectivity index (χ2n) is 20.3. The molecule has 9 nitrogen and oxygen atoms in total. The van der Waals surface area contributed by atoms with Gasteiger partial charge in [-0.3, -0.25) is 14.2 Å². The number of carbonyl (C=O) groups excluding carboxylic acids is 2. The fourth-order valence-electron chi connectivity index (χ4n) is 7.80. The lowest BCUT2D eigenvalue weighted by atomic mass is 10.0. The molecule has 0 N–H and O–H groups in total. The Labute approximate surface area is 431 Å². The first-order valence-corrected chi connectivity index (χ1v) is 30.1. The molecule has 0 heterocycles. The van der Waals surface area contributed by atoms with Crippen molar-refractivity contribution in [1.29, 1.82) is 0 Å². The van der Waals surface area contributed by atoms with Gasteiger partial charge in [0.1, 0.15) is 19.8 Å². The predicted octanol–water partition coefficient (Wildman–Crippen LogP) is 17.1. The van der Waals surface area contributed by atoms with Gasteiger partial charge in [-0.2, -0.15) is 0 Å². The number of ether oxygens (including phenoxy) is 2. The highest BCUT2D eigenvalue weighted by atomic mass is 31.2. The number of nitrogens with zero attached hydrogens (tertiary/aromatic N) is 1. The molecule has 0 radical (unpaired) electrons. The zero-order chi connectivity index (χ0) is 51.3. The third kappa shape index (κ3) is 54.8. The third-order valence-corrected chi connectivity index (χ3v) is 13.2. The first kappa shape index (κ1) is 67.5. The Morgan fingerprint density at radius 2 is 0.814 bits per heavy atom. The van der Waals surface area contributed by atoms with Crippen LogP contribution >= 0.6 is 7.82 Å². The topological polar surface area (TPSA) is 111 Å². The van der Waals surface area contributed by atoms with E-state index in [1.54, 1.807) is 0 Å². The van der Waals surface area contributed by atoms with Crippen LogP contribution in [0.3, 0.4) is 0 Å². The van der Waals surface area contributed by atoms with Crippen LogP contribution in [-0.2, 0) is 32.7 Å². The van der Waals surface area contributed by atoms with Crippen molar-refractivity contribution in [2.75, 3.05) is 47.5 Å². The molecule has 0 aromatic heterocycles. The average Bonchev–Trinajstić information content (AvgIpc) is 3.32. The van der Waals surface area contributed by atoms with Gasteiger partial charge >= 0.3 is 11.9 Å². The smallest absolute Gasteiger partial charge is 0.306 e. The highest BCUT2D eigenvalue weighted by molar-refractivity contribution is 7.45. The molecule has 0 aliphatic heterocycles. The van der Waals surface area contributed by atoms with Gasteiger partial charge in [-0.15, -0.1) is 0 Å². The number of hydrogen-bond acceptors (Lipinski definition) is 8. The molecule has 0 amide bonds. The van der Waals surface area contributed by atoms with Crippen LogP contribution in [0.15, 0.2) is 72.9 Å². The molecule has 0 saturated carbocycles. The van der Waals surface area contributed by atoms with Crippen LogP contribution in [0.2, 0.25) is 0 Å². The molecular formula is C60H108NO8P. The summed E-state index contributed by atoms with van der Waals surface area (Å²) in [4.78, 5) is 37.9. The Hall–Kier alpha value is -2.55. The predicted molar refractivity (Wildman–Crippen MR) is 296 cm³/mol. The van der Waals surface area contributed by atoms with E-state index in [1.165, 1.54) is 128 Å². The van der Waals surface area contributed by atoms with Crippen molar-refractivity contribution in [3.05, 3.63) is 72.9 Å². The summed E-state index contributed by atoms with van der Waals surface area (Å²) in [5, 5.41) is 0. The van der Waals surface area contributed by atoms with E-state index in [1.807, 2.05) is 21.1 Å². The number of esters is 2. The molecule has 0 aromatic rings. The number of allylic oxidation sites excluding steroid dienone is 12. The summed E-state index contributed by atoms with van der Waals surface area (Å²) in [5.41, 5.74) is 0. The van der Waals surface area contributed by atoms with Crippen molar-refractivity contribution in [1.82, 2.24) is 0 Å². The lowest BCUT2D eigenvalue weighted by molar-refractivity contribution is -0.870. The molecule has 0 aliphatic carbocycles. The van der Waals surface area contributed by atoms with Crippen molar-refractivity contribution in [2.45, 2.75) is 251 Å². The van der Waals surface area contributed by atoms with E-state index in [4.69, 9.17) is 18.5 Å². The van der Waals surface area contributed by atoms with Crippen LogP contribution in [0.4, 0.5) is 0 Å². The van der Waals surface area contributed by atoms with Crippen LogP contribution < -0.4 is 4.89 Å². The first-order chi connectivity index (χ1) is 34.0. The minimum Gasteiger partial charge on any atom is -0.756 e. The van der Waals surface area contributed by atoms with E-state index in [9.17, 15) is 19.0 Å². The van der Waals surface area contributed by atoms with Gasteiger partial charge in [0.05, 0.1) is 27.7 Å². The van der Waals surface area contributed by atoms with Gasteiger partial charge in [0.2, 0.25) is 0 Å². The number of hydrogen-bond donors (Lipinski definition) is 0. The van der Waals surface area contributed by atoms with Gasteiger partial charge < -0.3 is 27.9 Å². The Bertz CT molecular complexity index is 1410.